The van der Waals surface area contributed by atoms with Gasteiger partial charge in [-0.15, -0.1) is 11.8 Å². The Kier molecular flexibility index (Phi) is 5.89. The van der Waals surface area contributed by atoms with Crippen molar-refractivity contribution in [3.05, 3.63) is 58.9 Å². The summed E-state index contributed by atoms with van der Waals surface area (Å²) in [5.74, 6) is 1.01. The number of halogens is 1. The van der Waals surface area contributed by atoms with Gasteiger partial charge in [-0.25, -0.2) is 0 Å². The van der Waals surface area contributed by atoms with Gasteiger partial charge in [0.2, 0.25) is 0 Å². The van der Waals surface area contributed by atoms with Crippen molar-refractivity contribution in [2.24, 2.45) is 0 Å². The van der Waals surface area contributed by atoms with Crippen LogP contribution in [0.1, 0.15) is 11.1 Å². The highest BCUT2D eigenvalue weighted by atomic mass is 35.5. The summed E-state index contributed by atoms with van der Waals surface area (Å²) in [5, 5.41) is 4.10. The monoisotopic (exact) mass is 306 g/mol. The topological polar surface area (TPSA) is 24.9 Å². The molecule has 106 valence electrons. The number of hydrogen-bond acceptors (Lipinski definition) is 3. The van der Waals surface area contributed by atoms with Gasteiger partial charge in [0.15, 0.2) is 0 Å². The molecule has 2 nitrogen and oxygen atoms in total. The summed E-state index contributed by atoms with van der Waals surface area (Å²) in [4.78, 5) is 5.32. The first-order chi connectivity index (χ1) is 9.69. The quantitative estimate of drug-likeness (QED) is 0.818. The molecular weight excluding hydrogens is 288 g/mol. The van der Waals surface area contributed by atoms with E-state index in [1.807, 2.05) is 24.9 Å². The molecule has 0 amide bonds. The summed E-state index contributed by atoms with van der Waals surface area (Å²) in [5.41, 5.74) is 2.44. The van der Waals surface area contributed by atoms with Crippen LogP contribution in [-0.4, -0.2) is 23.8 Å². The van der Waals surface area contributed by atoms with Crippen molar-refractivity contribution in [1.29, 1.82) is 0 Å². The normalized spacial score (nSPS) is 12.3. The number of aromatic nitrogens is 1. The van der Waals surface area contributed by atoms with Gasteiger partial charge in [-0.1, -0.05) is 29.3 Å². The Balaban J connectivity index is 1.92. The van der Waals surface area contributed by atoms with E-state index in [0.717, 1.165) is 22.8 Å². The highest BCUT2D eigenvalue weighted by Gasteiger charge is 2.10. The Labute approximate surface area is 130 Å². The Morgan fingerprint density at radius 1 is 1.25 bits per heavy atom. The molecule has 1 N–H and O–H groups in total. The molecule has 2 aromatic rings. The number of pyridine rings is 1. The Morgan fingerprint density at radius 3 is 2.65 bits per heavy atom. The molecule has 20 heavy (non-hydrogen) atoms. The highest BCUT2D eigenvalue weighted by molar-refractivity contribution is 7.99. The molecule has 1 aromatic heterocycles. The number of aryl methyl sites for hydroxylation is 1. The van der Waals surface area contributed by atoms with Gasteiger partial charge in [0.05, 0.1) is 5.02 Å². The highest BCUT2D eigenvalue weighted by Crippen LogP contribution is 2.22. The molecule has 0 aliphatic rings. The van der Waals surface area contributed by atoms with Crippen molar-refractivity contribution in [2.45, 2.75) is 24.3 Å². The molecule has 0 saturated heterocycles. The lowest BCUT2D eigenvalue weighted by molar-refractivity contribution is 0.617. The third-order valence-corrected chi connectivity index (χ3v) is 4.72. The summed E-state index contributed by atoms with van der Waals surface area (Å²) < 4.78 is 0. The molecule has 1 atom stereocenters. The summed E-state index contributed by atoms with van der Waals surface area (Å²) in [6.45, 7) is 2.11. The Morgan fingerprint density at radius 2 is 2.00 bits per heavy atom. The smallest absolute Gasteiger partial charge is 0.0621 e. The molecule has 1 unspecified atom stereocenters. The van der Waals surface area contributed by atoms with Crippen LogP contribution in [0.4, 0.5) is 0 Å². The zero-order chi connectivity index (χ0) is 14.4. The molecule has 2 rings (SSSR count). The summed E-state index contributed by atoms with van der Waals surface area (Å²) in [6, 6.07) is 11.0. The van der Waals surface area contributed by atoms with E-state index in [-0.39, 0.29) is 0 Å². The van der Waals surface area contributed by atoms with Crippen LogP contribution < -0.4 is 5.32 Å². The van der Waals surface area contributed by atoms with E-state index in [1.54, 1.807) is 12.4 Å². The molecule has 1 heterocycles. The third-order valence-electron chi connectivity index (χ3n) is 3.20. The lowest BCUT2D eigenvalue weighted by atomic mass is 10.1. The molecule has 0 aliphatic carbocycles. The molecule has 4 heteroatoms. The van der Waals surface area contributed by atoms with Gasteiger partial charge in [-0.2, -0.15) is 0 Å². The van der Waals surface area contributed by atoms with Crippen LogP contribution in [0.5, 0.6) is 0 Å². The average Bonchev–Trinajstić information content (AvgIpc) is 2.47. The third kappa shape index (κ3) is 4.51. The number of nitrogens with zero attached hydrogens (tertiary/aromatic N) is 1. The van der Waals surface area contributed by atoms with Crippen LogP contribution in [-0.2, 0) is 6.42 Å². The molecule has 0 aliphatic heterocycles. The first-order valence-corrected chi connectivity index (χ1v) is 8.00. The number of hydrogen-bond donors (Lipinski definition) is 1. The maximum absolute atomic E-state index is 6.16. The number of nitrogens with one attached hydrogen (secondary N) is 1. The van der Waals surface area contributed by atoms with E-state index in [9.17, 15) is 0 Å². The van der Waals surface area contributed by atoms with Crippen LogP contribution in [0.2, 0.25) is 5.02 Å². The van der Waals surface area contributed by atoms with Crippen molar-refractivity contribution < 1.29 is 0 Å². The van der Waals surface area contributed by atoms with Gasteiger partial charge in [-0.05, 0) is 44.2 Å². The molecule has 0 spiro atoms. The van der Waals surface area contributed by atoms with Crippen molar-refractivity contribution in [3.8, 4) is 0 Å². The minimum Gasteiger partial charge on any atom is -0.316 e. The zero-order valence-corrected chi connectivity index (χ0v) is 13.3. The van der Waals surface area contributed by atoms with Gasteiger partial charge < -0.3 is 5.32 Å². The van der Waals surface area contributed by atoms with Crippen LogP contribution in [0.15, 0.2) is 47.6 Å². The number of benzene rings is 1. The standard InChI is InChI=1S/C16H19ClN2S/c1-12-3-5-15(6-4-12)20-11-14(18-2)9-13-7-8-19-10-16(13)17/h3-8,10,14,18H,9,11H2,1-2H3. The lowest BCUT2D eigenvalue weighted by Crippen LogP contribution is -2.30. The fraction of sp³-hybridized carbons (Fsp3) is 0.312. The predicted octanol–water partition coefficient (Wildman–Crippen LogP) is 3.97. The van der Waals surface area contributed by atoms with Crippen molar-refractivity contribution >= 4 is 23.4 Å². The summed E-state index contributed by atoms with van der Waals surface area (Å²) >= 11 is 8.03. The minimum absolute atomic E-state index is 0.390. The average molecular weight is 307 g/mol. The number of rotatable bonds is 6. The van der Waals surface area contributed by atoms with Crippen molar-refractivity contribution in [2.75, 3.05) is 12.8 Å². The van der Waals surface area contributed by atoms with Crippen molar-refractivity contribution in [1.82, 2.24) is 10.3 Å². The predicted molar refractivity (Wildman–Crippen MR) is 87.7 cm³/mol. The van der Waals surface area contributed by atoms with Gasteiger partial charge in [0, 0.05) is 29.1 Å². The van der Waals surface area contributed by atoms with Crippen LogP contribution in [0.25, 0.3) is 0 Å². The van der Waals surface area contributed by atoms with Crippen LogP contribution >= 0.6 is 23.4 Å². The molecule has 0 saturated carbocycles. The second-order valence-electron chi connectivity index (χ2n) is 4.78. The minimum atomic E-state index is 0.390. The molecule has 0 bridgehead atoms. The van der Waals surface area contributed by atoms with Crippen LogP contribution in [0.3, 0.4) is 0 Å². The van der Waals surface area contributed by atoms with Gasteiger partial charge in [0.1, 0.15) is 0 Å². The second kappa shape index (κ2) is 7.67. The van der Waals surface area contributed by atoms with E-state index >= 15 is 0 Å². The fourth-order valence-corrected chi connectivity index (χ4v) is 3.11. The Hall–Kier alpha value is -1.03. The first kappa shape index (κ1) is 15.4. The molecule has 0 fully saturated rings. The SMILES string of the molecule is CNC(CSc1ccc(C)cc1)Cc1ccncc1Cl. The zero-order valence-electron chi connectivity index (χ0n) is 11.8. The van der Waals surface area contributed by atoms with Gasteiger partial charge in [-0.3, -0.25) is 4.98 Å². The van der Waals surface area contributed by atoms with Crippen LogP contribution in [0, 0.1) is 6.92 Å². The van der Waals surface area contributed by atoms with Gasteiger partial charge >= 0.3 is 0 Å². The van der Waals surface area contributed by atoms with Gasteiger partial charge in [0.25, 0.3) is 0 Å². The molecular formula is C16H19ClN2S. The summed E-state index contributed by atoms with van der Waals surface area (Å²) in [6.07, 6.45) is 4.41. The van der Waals surface area contributed by atoms with E-state index in [2.05, 4.69) is 41.5 Å². The maximum atomic E-state index is 6.16. The van der Waals surface area contributed by atoms with Crippen molar-refractivity contribution in [3.63, 3.8) is 0 Å². The first-order valence-electron chi connectivity index (χ1n) is 6.64. The number of thioether (sulfide) groups is 1. The van der Waals surface area contributed by atoms with E-state index in [1.165, 1.54) is 10.5 Å². The van der Waals surface area contributed by atoms with E-state index < -0.39 is 0 Å². The second-order valence-corrected chi connectivity index (χ2v) is 6.28. The fourth-order valence-electron chi connectivity index (χ4n) is 1.91. The summed E-state index contributed by atoms with van der Waals surface area (Å²) in [7, 11) is 2.00. The molecule has 1 aromatic carbocycles. The van der Waals surface area contributed by atoms with E-state index in [4.69, 9.17) is 11.6 Å². The molecule has 0 radical (unpaired) electrons. The van der Waals surface area contributed by atoms with E-state index in [0.29, 0.717) is 6.04 Å². The number of likely N-dealkylation sites (N-methyl/N-ethyl adjacent to an activating group) is 1. The lowest BCUT2D eigenvalue weighted by Gasteiger charge is -2.16. The largest absolute Gasteiger partial charge is 0.316 e. The maximum Gasteiger partial charge on any atom is 0.0621 e. The Bertz CT molecular complexity index is 542.